The first-order valence-corrected chi connectivity index (χ1v) is 12.9. The third-order valence-corrected chi connectivity index (χ3v) is 9.30. The van der Waals surface area contributed by atoms with E-state index in [1.807, 2.05) is 0 Å². The molecule has 0 atom stereocenters. The summed E-state index contributed by atoms with van der Waals surface area (Å²) in [5, 5.41) is 13.2. The lowest BCUT2D eigenvalue weighted by atomic mass is 9.56. The Bertz CT molecular complexity index is 1630. The molecule has 5 aromatic rings. The van der Waals surface area contributed by atoms with Gasteiger partial charge in [0.2, 0.25) is 0 Å². The first-order valence-electron chi connectivity index (χ1n) is 12.9. The van der Waals surface area contributed by atoms with E-state index in [2.05, 4.69) is 103 Å². The maximum absolute atomic E-state index is 13.2. The maximum atomic E-state index is 13.2. The zero-order valence-corrected chi connectivity index (χ0v) is 19.9. The molecule has 6 aliphatic carbocycles. The molecule has 0 unspecified atom stereocenters. The van der Waals surface area contributed by atoms with Crippen LogP contribution in [-0.4, -0.2) is 4.92 Å². The Morgan fingerprint density at radius 3 is 0.973 bits per heavy atom. The quantitative estimate of drug-likeness (QED) is 0.181. The summed E-state index contributed by atoms with van der Waals surface area (Å²) >= 11 is 0. The first-order chi connectivity index (χ1) is 18.2. The van der Waals surface area contributed by atoms with Gasteiger partial charge in [-0.2, -0.15) is 0 Å². The Morgan fingerprint density at radius 2 is 0.703 bits per heavy atom. The monoisotopic (exact) mass is 475 g/mol. The predicted molar refractivity (Wildman–Crippen MR) is 143 cm³/mol. The van der Waals surface area contributed by atoms with Crippen LogP contribution in [0, 0.1) is 10.1 Å². The fraction of sp³-hybridized carbons (Fsp3) is 0.118. The Morgan fingerprint density at radius 1 is 0.432 bits per heavy atom. The van der Waals surface area contributed by atoms with Crippen LogP contribution >= 0.6 is 0 Å². The Labute approximate surface area is 214 Å². The Hall–Kier alpha value is -4.50. The molecular weight excluding hydrogens is 454 g/mol. The van der Waals surface area contributed by atoms with Gasteiger partial charge in [0.15, 0.2) is 0 Å². The fourth-order valence-electron chi connectivity index (χ4n) is 8.13. The van der Waals surface area contributed by atoms with Gasteiger partial charge in [-0.15, -0.1) is 0 Å². The van der Waals surface area contributed by atoms with Gasteiger partial charge in [-0.1, -0.05) is 103 Å². The molecule has 0 heterocycles. The van der Waals surface area contributed by atoms with Crippen LogP contribution in [0.5, 0.6) is 0 Å². The molecule has 0 spiro atoms. The molecular formula is C34H21NO2. The van der Waals surface area contributed by atoms with Crippen LogP contribution < -0.4 is 0 Å². The van der Waals surface area contributed by atoms with Crippen molar-refractivity contribution in [3.05, 3.63) is 180 Å². The molecule has 11 rings (SSSR count). The summed E-state index contributed by atoms with van der Waals surface area (Å²) in [5.74, 6) is -0.210. The van der Waals surface area contributed by atoms with Gasteiger partial charge >= 0.3 is 0 Å². The van der Waals surface area contributed by atoms with Crippen LogP contribution in [0.1, 0.15) is 90.4 Å². The summed E-state index contributed by atoms with van der Waals surface area (Å²) < 4.78 is 0. The van der Waals surface area contributed by atoms with Gasteiger partial charge < -0.3 is 0 Å². The van der Waals surface area contributed by atoms with Crippen molar-refractivity contribution in [1.29, 1.82) is 0 Å². The van der Waals surface area contributed by atoms with E-state index >= 15 is 0 Å². The van der Waals surface area contributed by atoms with E-state index in [0.717, 1.165) is 22.3 Å². The molecule has 0 radical (unpaired) electrons. The second kappa shape index (κ2) is 6.63. The number of nitrogens with zero attached hydrogens (tertiary/aromatic N) is 1. The van der Waals surface area contributed by atoms with Crippen molar-refractivity contribution < 1.29 is 4.92 Å². The second-order valence-electron chi connectivity index (χ2n) is 10.7. The zero-order chi connectivity index (χ0) is 24.4. The minimum absolute atomic E-state index is 0.0161. The van der Waals surface area contributed by atoms with Gasteiger partial charge in [0, 0.05) is 34.8 Å². The fourth-order valence-corrected chi connectivity index (χ4v) is 8.13. The summed E-state index contributed by atoms with van der Waals surface area (Å²) in [7, 11) is 0. The lowest BCUT2D eigenvalue weighted by Gasteiger charge is -2.46. The molecule has 3 nitrogen and oxygen atoms in total. The third kappa shape index (κ3) is 2.20. The topological polar surface area (TPSA) is 43.1 Å². The number of rotatable bonds is 1. The highest BCUT2D eigenvalue weighted by Gasteiger charge is 2.51. The van der Waals surface area contributed by atoms with Gasteiger partial charge in [-0.25, -0.2) is 0 Å². The largest absolute Gasteiger partial charge is 0.278 e. The van der Waals surface area contributed by atoms with E-state index in [-0.39, 0.29) is 28.6 Å². The summed E-state index contributed by atoms with van der Waals surface area (Å²) in [6.45, 7) is 0. The molecule has 4 bridgehead atoms. The van der Waals surface area contributed by atoms with E-state index in [4.69, 9.17) is 0 Å². The lowest BCUT2D eigenvalue weighted by molar-refractivity contribution is -0.386. The number of benzene rings is 5. The van der Waals surface area contributed by atoms with Crippen molar-refractivity contribution >= 4 is 5.69 Å². The zero-order valence-electron chi connectivity index (χ0n) is 19.9. The van der Waals surface area contributed by atoms with Gasteiger partial charge in [0.1, 0.15) is 0 Å². The van der Waals surface area contributed by atoms with Gasteiger partial charge in [-0.05, 0) is 55.6 Å². The van der Waals surface area contributed by atoms with Gasteiger partial charge in [0.25, 0.3) is 5.69 Å². The SMILES string of the molecule is O=[N+]([O-])c1c2c(cc3c1C1c4ccccc4C3c3ccccc31)C1c3ccccc3C2c2ccccc21. The predicted octanol–water partition coefficient (Wildman–Crippen LogP) is 7.57. The molecule has 0 aromatic heterocycles. The summed E-state index contributed by atoms with van der Waals surface area (Å²) in [6, 6.07) is 36.6. The molecule has 5 aromatic carbocycles. The van der Waals surface area contributed by atoms with Crippen molar-refractivity contribution in [2.75, 3.05) is 0 Å². The number of hydrogen-bond donors (Lipinski definition) is 0. The molecule has 0 N–H and O–H groups in total. The van der Waals surface area contributed by atoms with Crippen LogP contribution in [0.4, 0.5) is 5.69 Å². The van der Waals surface area contributed by atoms with Gasteiger partial charge in [0.05, 0.1) is 4.92 Å². The molecule has 37 heavy (non-hydrogen) atoms. The lowest BCUT2D eigenvalue weighted by Crippen LogP contribution is -2.33. The molecule has 0 amide bonds. The summed E-state index contributed by atoms with van der Waals surface area (Å²) in [4.78, 5) is 13.1. The Balaban J connectivity index is 1.44. The van der Waals surface area contributed by atoms with Crippen molar-refractivity contribution in [3.63, 3.8) is 0 Å². The van der Waals surface area contributed by atoms with Crippen molar-refractivity contribution in [2.24, 2.45) is 0 Å². The number of hydrogen-bond acceptors (Lipinski definition) is 2. The van der Waals surface area contributed by atoms with Crippen LogP contribution in [-0.2, 0) is 0 Å². The smallest absolute Gasteiger partial charge is 0.258 e. The maximum Gasteiger partial charge on any atom is 0.278 e. The number of nitro benzene ring substituents is 1. The number of nitro groups is 1. The average molecular weight is 476 g/mol. The van der Waals surface area contributed by atoms with E-state index in [1.165, 1.54) is 44.5 Å². The molecule has 174 valence electrons. The van der Waals surface area contributed by atoms with Crippen molar-refractivity contribution in [2.45, 2.75) is 23.7 Å². The molecule has 0 aliphatic heterocycles. The molecule has 6 aliphatic rings. The molecule has 0 saturated carbocycles. The van der Waals surface area contributed by atoms with Crippen LogP contribution in [0.3, 0.4) is 0 Å². The second-order valence-corrected chi connectivity index (χ2v) is 10.7. The van der Waals surface area contributed by atoms with E-state index in [1.54, 1.807) is 0 Å². The standard InChI is InChI=1S/C34H21NO2/c36-35(37)34-32-26(28-18-9-1-5-13-22(18)30(32)23-14-6-2-10-19(23)28)17-27-29-20-11-3-7-15-24(20)31(33(27)34)25-16-8-4-12-21(25)29/h1-17,28-31H. The third-order valence-electron chi connectivity index (χ3n) is 9.30. The summed E-state index contributed by atoms with van der Waals surface area (Å²) in [5.41, 5.74) is 14.4. The molecule has 0 saturated heterocycles. The highest BCUT2D eigenvalue weighted by atomic mass is 16.6. The first kappa shape index (κ1) is 19.7. The van der Waals surface area contributed by atoms with Crippen molar-refractivity contribution in [1.82, 2.24) is 0 Å². The molecule has 0 fully saturated rings. The summed E-state index contributed by atoms with van der Waals surface area (Å²) in [6.07, 6.45) is 0. The van der Waals surface area contributed by atoms with E-state index in [0.29, 0.717) is 5.69 Å². The highest BCUT2D eigenvalue weighted by molar-refractivity contribution is 5.80. The van der Waals surface area contributed by atoms with Crippen LogP contribution in [0.2, 0.25) is 0 Å². The van der Waals surface area contributed by atoms with E-state index in [9.17, 15) is 10.1 Å². The average Bonchev–Trinajstić information content (AvgIpc) is 2.95. The van der Waals surface area contributed by atoms with Crippen molar-refractivity contribution in [3.8, 4) is 0 Å². The normalized spacial score (nSPS) is 22.3. The van der Waals surface area contributed by atoms with Crippen LogP contribution in [0.15, 0.2) is 103 Å². The van der Waals surface area contributed by atoms with Crippen LogP contribution in [0.25, 0.3) is 0 Å². The van der Waals surface area contributed by atoms with Gasteiger partial charge in [-0.3, -0.25) is 10.1 Å². The van der Waals surface area contributed by atoms with E-state index < -0.39 is 0 Å². The Kier molecular flexibility index (Phi) is 3.52. The highest BCUT2D eigenvalue weighted by Crippen LogP contribution is 2.64. The molecule has 3 heteroatoms. The minimum atomic E-state index is -0.121. The minimum Gasteiger partial charge on any atom is -0.258 e.